The van der Waals surface area contributed by atoms with Gasteiger partial charge in [0.15, 0.2) is 0 Å². The Bertz CT molecular complexity index is 563. The third-order valence-corrected chi connectivity index (χ3v) is 3.64. The number of methoxy groups -OCH3 is 1. The van der Waals surface area contributed by atoms with E-state index in [2.05, 4.69) is 30.8 Å². The van der Waals surface area contributed by atoms with Gasteiger partial charge in [-0.15, -0.1) is 0 Å². The predicted octanol–water partition coefficient (Wildman–Crippen LogP) is 3.73. The van der Waals surface area contributed by atoms with Crippen LogP contribution in [-0.4, -0.2) is 16.7 Å². The Labute approximate surface area is 114 Å². The molecule has 0 radical (unpaired) electrons. The van der Waals surface area contributed by atoms with Crippen molar-refractivity contribution in [1.29, 1.82) is 0 Å². The zero-order chi connectivity index (χ0) is 12.5. The topological polar surface area (TPSA) is 39.1 Å². The first-order valence-corrected chi connectivity index (χ1v) is 6.70. The van der Waals surface area contributed by atoms with E-state index in [9.17, 15) is 0 Å². The summed E-state index contributed by atoms with van der Waals surface area (Å²) >= 11 is 3.48. The van der Waals surface area contributed by atoms with Crippen LogP contribution in [0.15, 0.2) is 35.1 Å². The van der Waals surface area contributed by atoms with Crippen LogP contribution >= 0.6 is 15.9 Å². The van der Waals surface area contributed by atoms with Gasteiger partial charge in [-0.1, -0.05) is 0 Å². The number of anilines is 2. The van der Waals surface area contributed by atoms with Gasteiger partial charge in [-0.2, -0.15) is 0 Å². The average molecular weight is 308 g/mol. The van der Waals surface area contributed by atoms with Crippen molar-refractivity contribution in [3.63, 3.8) is 0 Å². The summed E-state index contributed by atoms with van der Waals surface area (Å²) in [5, 5.41) is 3.33. The highest BCUT2D eigenvalue weighted by Gasteiger charge is 2.25. The number of rotatable bonds is 4. The Balaban J connectivity index is 1.83. The van der Waals surface area contributed by atoms with Gasteiger partial charge < -0.3 is 14.6 Å². The average Bonchev–Trinajstić information content (AvgIpc) is 3.11. The second kappa shape index (κ2) is 4.65. The lowest BCUT2D eigenvalue weighted by Gasteiger charge is -2.10. The summed E-state index contributed by atoms with van der Waals surface area (Å²) in [6.07, 6.45) is 6.35. The Morgan fingerprint density at radius 2 is 2.28 bits per heavy atom. The second-order valence-electron chi connectivity index (χ2n) is 4.36. The molecule has 0 aliphatic heterocycles. The van der Waals surface area contributed by atoms with Gasteiger partial charge in [-0.25, -0.2) is 4.98 Å². The standard InChI is InChI=1S/C13H14BrN3O/c1-18-12-5-2-9(8-11(12)14)16-13-15-6-7-17(13)10-3-4-10/h2,5-8,10H,3-4H2,1H3,(H,15,16). The van der Waals surface area contributed by atoms with E-state index in [0.717, 1.165) is 21.9 Å². The quantitative estimate of drug-likeness (QED) is 0.935. The minimum atomic E-state index is 0.622. The van der Waals surface area contributed by atoms with Crippen LogP contribution in [0.5, 0.6) is 5.75 Å². The zero-order valence-electron chi connectivity index (χ0n) is 10.1. The molecule has 1 fully saturated rings. The van der Waals surface area contributed by atoms with Gasteiger partial charge in [0.2, 0.25) is 5.95 Å². The fourth-order valence-electron chi connectivity index (χ4n) is 1.93. The van der Waals surface area contributed by atoms with Gasteiger partial charge >= 0.3 is 0 Å². The van der Waals surface area contributed by atoms with Crippen molar-refractivity contribution in [1.82, 2.24) is 9.55 Å². The highest BCUT2D eigenvalue weighted by Crippen LogP contribution is 2.37. The molecule has 1 saturated carbocycles. The summed E-state index contributed by atoms with van der Waals surface area (Å²) in [5.41, 5.74) is 0.996. The summed E-state index contributed by atoms with van der Waals surface area (Å²) in [5.74, 6) is 1.72. The number of ether oxygens (including phenoxy) is 1. The first kappa shape index (κ1) is 11.6. The maximum atomic E-state index is 5.21. The fraction of sp³-hybridized carbons (Fsp3) is 0.308. The number of hydrogen-bond donors (Lipinski definition) is 1. The number of halogens is 1. The molecular weight excluding hydrogens is 294 g/mol. The minimum absolute atomic E-state index is 0.622. The third-order valence-electron chi connectivity index (χ3n) is 3.02. The number of nitrogens with zero attached hydrogens (tertiary/aromatic N) is 2. The van der Waals surface area contributed by atoms with E-state index < -0.39 is 0 Å². The van der Waals surface area contributed by atoms with Crippen LogP contribution < -0.4 is 10.1 Å². The van der Waals surface area contributed by atoms with Crippen LogP contribution in [0.4, 0.5) is 11.6 Å². The first-order chi connectivity index (χ1) is 8.78. The molecule has 0 amide bonds. The molecule has 1 heterocycles. The lowest BCUT2D eigenvalue weighted by atomic mass is 10.3. The Kier molecular flexibility index (Phi) is 2.99. The molecule has 1 aromatic carbocycles. The smallest absolute Gasteiger partial charge is 0.207 e. The summed E-state index contributed by atoms with van der Waals surface area (Å²) in [4.78, 5) is 4.35. The summed E-state index contributed by atoms with van der Waals surface area (Å²) < 4.78 is 8.33. The van der Waals surface area contributed by atoms with E-state index in [1.54, 1.807) is 7.11 Å². The molecule has 1 aliphatic carbocycles. The monoisotopic (exact) mass is 307 g/mol. The minimum Gasteiger partial charge on any atom is -0.496 e. The van der Waals surface area contributed by atoms with Gasteiger partial charge in [-0.3, -0.25) is 0 Å². The Morgan fingerprint density at radius 3 is 2.94 bits per heavy atom. The van der Waals surface area contributed by atoms with E-state index in [1.807, 2.05) is 30.6 Å². The maximum Gasteiger partial charge on any atom is 0.207 e. The van der Waals surface area contributed by atoms with Crippen molar-refractivity contribution in [2.24, 2.45) is 0 Å². The highest BCUT2D eigenvalue weighted by molar-refractivity contribution is 9.10. The maximum absolute atomic E-state index is 5.21. The fourth-order valence-corrected chi connectivity index (χ4v) is 2.47. The van der Waals surface area contributed by atoms with Gasteiger partial charge in [-0.05, 0) is 47.0 Å². The first-order valence-electron chi connectivity index (χ1n) is 5.91. The number of nitrogens with one attached hydrogen (secondary N) is 1. The van der Waals surface area contributed by atoms with Crippen LogP contribution in [0.3, 0.4) is 0 Å². The zero-order valence-corrected chi connectivity index (χ0v) is 11.6. The largest absolute Gasteiger partial charge is 0.496 e. The highest BCUT2D eigenvalue weighted by atomic mass is 79.9. The number of benzene rings is 1. The normalized spacial score (nSPS) is 14.6. The molecule has 0 atom stereocenters. The Hall–Kier alpha value is -1.49. The van der Waals surface area contributed by atoms with E-state index in [1.165, 1.54) is 12.8 Å². The lowest BCUT2D eigenvalue weighted by molar-refractivity contribution is 0.412. The van der Waals surface area contributed by atoms with E-state index >= 15 is 0 Å². The molecule has 1 aromatic heterocycles. The summed E-state index contributed by atoms with van der Waals surface area (Å²) in [6.45, 7) is 0. The molecule has 2 aromatic rings. The predicted molar refractivity (Wildman–Crippen MR) is 74.5 cm³/mol. The van der Waals surface area contributed by atoms with Gasteiger partial charge in [0.05, 0.1) is 11.6 Å². The van der Waals surface area contributed by atoms with Gasteiger partial charge in [0, 0.05) is 24.1 Å². The van der Waals surface area contributed by atoms with Gasteiger partial charge in [0.1, 0.15) is 5.75 Å². The third kappa shape index (κ3) is 2.22. The van der Waals surface area contributed by atoms with Crippen molar-refractivity contribution in [2.45, 2.75) is 18.9 Å². The van der Waals surface area contributed by atoms with Gasteiger partial charge in [0.25, 0.3) is 0 Å². The lowest BCUT2D eigenvalue weighted by Crippen LogP contribution is -2.01. The van der Waals surface area contributed by atoms with E-state index in [-0.39, 0.29) is 0 Å². The molecule has 1 aliphatic rings. The molecule has 4 nitrogen and oxygen atoms in total. The molecule has 18 heavy (non-hydrogen) atoms. The number of hydrogen-bond acceptors (Lipinski definition) is 3. The van der Waals surface area contributed by atoms with Crippen LogP contribution in [0, 0.1) is 0 Å². The molecule has 0 unspecified atom stereocenters. The van der Waals surface area contributed by atoms with Crippen molar-refractivity contribution in [2.75, 3.05) is 12.4 Å². The summed E-state index contributed by atoms with van der Waals surface area (Å²) in [7, 11) is 1.66. The molecule has 0 saturated heterocycles. The van der Waals surface area contributed by atoms with E-state index in [4.69, 9.17) is 4.74 Å². The summed E-state index contributed by atoms with van der Waals surface area (Å²) in [6, 6.07) is 6.52. The molecule has 0 spiro atoms. The van der Waals surface area contributed by atoms with Crippen molar-refractivity contribution >= 4 is 27.6 Å². The van der Waals surface area contributed by atoms with Crippen molar-refractivity contribution in [3.8, 4) is 5.75 Å². The molecule has 0 bridgehead atoms. The van der Waals surface area contributed by atoms with Crippen LogP contribution in [0.25, 0.3) is 0 Å². The number of imidazole rings is 1. The van der Waals surface area contributed by atoms with Crippen molar-refractivity contribution in [3.05, 3.63) is 35.1 Å². The Morgan fingerprint density at radius 1 is 1.44 bits per heavy atom. The molecule has 94 valence electrons. The molecule has 3 rings (SSSR count). The van der Waals surface area contributed by atoms with Crippen LogP contribution in [-0.2, 0) is 0 Å². The molecular formula is C13H14BrN3O. The van der Waals surface area contributed by atoms with Crippen LogP contribution in [0.1, 0.15) is 18.9 Å². The second-order valence-corrected chi connectivity index (χ2v) is 5.22. The molecule has 1 N–H and O–H groups in total. The number of aromatic nitrogens is 2. The van der Waals surface area contributed by atoms with E-state index in [0.29, 0.717) is 6.04 Å². The SMILES string of the molecule is COc1ccc(Nc2nccn2C2CC2)cc1Br. The van der Waals surface area contributed by atoms with Crippen molar-refractivity contribution < 1.29 is 4.74 Å². The molecule has 5 heteroatoms. The van der Waals surface area contributed by atoms with Crippen LogP contribution in [0.2, 0.25) is 0 Å².